The van der Waals surface area contributed by atoms with Gasteiger partial charge in [-0.2, -0.15) is 5.11 Å². The van der Waals surface area contributed by atoms with Crippen molar-refractivity contribution in [2.45, 2.75) is 18.6 Å². The number of imide groups is 1. The zero-order chi connectivity index (χ0) is 20.5. The Morgan fingerprint density at radius 3 is 2.45 bits per heavy atom. The lowest BCUT2D eigenvalue weighted by Crippen LogP contribution is -2.39. The fourth-order valence-electron chi connectivity index (χ4n) is 3.53. The summed E-state index contributed by atoms with van der Waals surface area (Å²) in [6.07, 6.45) is 0. The van der Waals surface area contributed by atoms with E-state index in [1.165, 1.54) is 14.2 Å². The predicted octanol–water partition coefficient (Wildman–Crippen LogP) is 2.21. The number of benzene rings is 2. The van der Waals surface area contributed by atoms with E-state index < -0.39 is 18.0 Å². The summed E-state index contributed by atoms with van der Waals surface area (Å²) in [4.78, 5) is 27.1. The van der Waals surface area contributed by atoms with Gasteiger partial charge < -0.3 is 14.2 Å². The molecule has 0 aromatic heterocycles. The lowest BCUT2D eigenvalue weighted by Gasteiger charge is -2.21. The highest BCUT2D eigenvalue weighted by Gasteiger charge is 2.54. The van der Waals surface area contributed by atoms with Crippen molar-refractivity contribution in [2.75, 3.05) is 26.2 Å². The molecule has 2 heterocycles. The molecule has 0 unspecified atom stereocenters. The molecule has 150 valence electrons. The third-order valence-electron chi connectivity index (χ3n) is 4.96. The van der Waals surface area contributed by atoms with Crippen LogP contribution in [0.25, 0.3) is 0 Å². The topological polar surface area (TPSA) is 93.0 Å². The van der Waals surface area contributed by atoms with Gasteiger partial charge in [-0.1, -0.05) is 17.4 Å². The van der Waals surface area contributed by atoms with Crippen LogP contribution >= 0.6 is 0 Å². The first kappa shape index (κ1) is 18.7. The molecule has 0 bridgehead atoms. The van der Waals surface area contributed by atoms with Crippen LogP contribution in [0.4, 0.5) is 5.69 Å². The van der Waals surface area contributed by atoms with Crippen molar-refractivity contribution in [3.05, 3.63) is 48.0 Å². The number of rotatable bonds is 6. The van der Waals surface area contributed by atoms with Gasteiger partial charge in [-0.3, -0.25) is 14.6 Å². The summed E-state index contributed by atoms with van der Waals surface area (Å²) in [5.74, 6) is 0.854. The number of carbonyl (C=O) groups excluding carboxylic acids is 2. The molecular formula is C20H20N4O5. The first-order chi connectivity index (χ1) is 14.1. The lowest BCUT2D eigenvalue weighted by atomic mass is 10.1. The van der Waals surface area contributed by atoms with Crippen LogP contribution in [0, 0.1) is 0 Å². The summed E-state index contributed by atoms with van der Waals surface area (Å²) in [6, 6.07) is 10.7. The third-order valence-corrected chi connectivity index (χ3v) is 4.96. The van der Waals surface area contributed by atoms with Crippen molar-refractivity contribution < 1.29 is 23.8 Å². The van der Waals surface area contributed by atoms with E-state index in [-0.39, 0.29) is 5.91 Å². The zero-order valence-electron chi connectivity index (χ0n) is 16.2. The van der Waals surface area contributed by atoms with Crippen LogP contribution in [0.15, 0.2) is 52.8 Å². The van der Waals surface area contributed by atoms with Gasteiger partial charge in [0.15, 0.2) is 23.6 Å². The van der Waals surface area contributed by atoms with E-state index in [2.05, 4.69) is 10.3 Å². The zero-order valence-corrected chi connectivity index (χ0v) is 16.2. The number of methoxy groups -OCH3 is 3. The first-order valence-corrected chi connectivity index (χ1v) is 8.97. The van der Waals surface area contributed by atoms with Crippen LogP contribution < -0.4 is 19.1 Å². The minimum atomic E-state index is -0.860. The van der Waals surface area contributed by atoms with E-state index in [9.17, 15) is 9.59 Å². The van der Waals surface area contributed by atoms with Gasteiger partial charge in [-0.25, -0.2) is 4.90 Å². The van der Waals surface area contributed by atoms with Gasteiger partial charge in [0.05, 0.1) is 33.6 Å². The smallest absolute Gasteiger partial charge is 0.263 e. The van der Waals surface area contributed by atoms with Gasteiger partial charge in [-0.05, 0) is 29.8 Å². The molecule has 1 saturated heterocycles. The number of ether oxygens (including phenoxy) is 3. The van der Waals surface area contributed by atoms with Gasteiger partial charge in [0, 0.05) is 6.07 Å². The molecule has 9 nitrogen and oxygen atoms in total. The van der Waals surface area contributed by atoms with Crippen LogP contribution in [-0.4, -0.2) is 50.2 Å². The van der Waals surface area contributed by atoms with Crippen LogP contribution in [0.2, 0.25) is 0 Å². The second-order valence-electron chi connectivity index (χ2n) is 6.59. The average Bonchev–Trinajstić information content (AvgIpc) is 3.27. The predicted molar refractivity (Wildman–Crippen MR) is 103 cm³/mol. The van der Waals surface area contributed by atoms with Crippen LogP contribution in [0.5, 0.6) is 17.2 Å². The van der Waals surface area contributed by atoms with Crippen molar-refractivity contribution >= 4 is 17.5 Å². The van der Waals surface area contributed by atoms with Gasteiger partial charge in [-0.15, -0.1) is 0 Å². The Labute approximate surface area is 167 Å². The Kier molecular flexibility index (Phi) is 4.79. The molecule has 0 saturated carbocycles. The maximum Gasteiger partial charge on any atom is 0.263 e. The molecule has 4 rings (SSSR count). The van der Waals surface area contributed by atoms with E-state index >= 15 is 0 Å². The molecule has 2 aliphatic rings. The van der Waals surface area contributed by atoms with E-state index in [1.54, 1.807) is 30.3 Å². The minimum absolute atomic E-state index is 0.334. The molecule has 2 aliphatic heterocycles. The number of amides is 2. The Morgan fingerprint density at radius 2 is 1.72 bits per heavy atom. The second-order valence-corrected chi connectivity index (χ2v) is 6.59. The summed E-state index contributed by atoms with van der Waals surface area (Å²) in [6.45, 7) is 0.334. The molecule has 0 radical (unpaired) electrons. The van der Waals surface area contributed by atoms with Crippen molar-refractivity contribution in [3.8, 4) is 17.2 Å². The van der Waals surface area contributed by atoms with E-state index in [4.69, 9.17) is 14.2 Å². The molecule has 1 fully saturated rings. The maximum atomic E-state index is 13.1. The summed E-state index contributed by atoms with van der Waals surface area (Å²) in [7, 11) is 4.60. The molecular weight excluding hydrogens is 376 g/mol. The molecule has 2 atom stereocenters. The fourth-order valence-corrected chi connectivity index (χ4v) is 3.53. The highest BCUT2D eigenvalue weighted by Crippen LogP contribution is 2.37. The van der Waals surface area contributed by atoms with Crippen LogP contribution in [0.3, 0.4) is 0 Å². The number of hydrogen-bond acceptors (Lipinski definition) is 8. The number of nitrogens with zero attached hydrogens (tertiary/aromatic N) is 4. The molecule has 0 spiro atoms. The number of anilines is 1. The summed E-state index contributed by atoms with van der Waals surface area (Å²) in [5.41, 5.74) is 1.30. The quantitative estimate of drug-likeness (QED) is 0.695. The Hall–Kier alpha value is -3.62. The average molecular weight is 396 g/mol. The largest absolute Gasteiger partial charge is 0.497 e. The van der Waals surface area contributed by atoms with E-state index in [1.807, 2.05) is 24.3 Å². The van der Waals surface area contributed by atoms with Gasteiger partial charge in [0.1, 0.15) is 5.75 Å². The van der Waals surface area contributed by atoms with E-state index in [0.717, 1.165) is 10.5 Å². The Morgan fingerprint density at radius 1 is 0.931 bits per heavy atom. The standard InChI is InChI=1S/C20H20N4O5/c1-27-14-6-4-5-12(9-14)11-23-18-17(21-22-23)19(25)24(20(18)26)13-7-8-15(28-2)16(10-13)29-3/h4-10,17-18H,11H2,1-3H3/t17-,18-/m0/s1. The minimum Gasteiger partial charge on any atom is -0.497 e. The summed E-state index contributed by atoms with van der Waals surface area (Å²) in [5, 5.41) is 9.66. The Balaban J connectivity index is 1.60. The molecule has 0 aliphatic carbocycles. The summed E-state index contributed by atoms with van der Waals surface area (Å²) >= 11 is 0. The van der Waals surface area contributed by atoms with Crippen LogP contribution in [0.1, 0.15) is 5.56 Å². The lowest BCUT2D eigenvalue weighted by molar-refractivity contribution is -0.123. The second kappa shape index (κ2) is 7.42. The highest BCUT2D eigenvalue weighted by atomic mass is 16.5. The molecule has 2 aromatic rings. The molecule has 2 aromatic carbocycles. The monoisotopic (exact) mass is 396 g/mol. The summed E-state index contributed by atoms with van der Waals surface area (Å²) < 4.78 is 15.7. The molecule has 9 heteroatoms. The molecule has 0 N–H and O–H groups in total. The Bertz CT molecular complexity index is 993. The normalized spacial score (nSPS) is 20.2. The fraction of sp³-hybridized carbons (Fsp3) is 0.300. The van der Waals surface area contributed by atoms with Crippen molar-refractivity contribution in [1.29, 1.82) is 0 Å². The molecule has 29 heavy (non-hydrogen) atoms. The first-order valence-electron chi connectivity index (χ1n) is 8.97. The molecule has 2 amide bonds. The van der Waals surface area contributed by atoms with Gasteiger partial charge in [0.25, 0.3) is 11.8 Å². The number of hydrogen-bond donors (Lipinski definition) is 0. The van der Waals surface area contributed by atoms with Gasteiger partial charge >= 0.3 is 0 Å². The number of fused-ring (bicyclic) bond motifs is 1. The van der Waals surface area contributed by atoms with Crippen molar-refractivity contribution in [2.24, 2.45) is 10.3 Å². The SMILES string of the molecule is COc1cccc(CN2N=N[C@@H]3C(=O)N(c4ccc(OC)c(OC)c4)C(=O)[C@H]32)c1. The van der Waals surface area contributed by atoms with Crippen LogP contribution in [-0.2, 0) is 16.1 Å². The van der Waals surface area contributed by atoms with E-state index in [0.29, 0.717) is 29.5 Å². The maximum absolute atomic E-state index is 13.1. The highest BCUT2D eigenvalue weighted by molar-refractivity contribution is 6.25. The van der Waals surface area contributed by atoms with Gasteiger partial charge in [0.2, 0.25) is 0 Å². The van der Waals surface area contributed by atoms with Crippen molar-refractivity contribution in [3.63, 3.8) is 0 Å². The number of carbonyl (C=O) groups is 2. The third kappa shape index (κ3) is 3.14. The van der Waals surface area contributed by atoms with Crippen molar-refractivity contribution in [1.82, 2.24) is 5.01 Å².